The first-order valence-electron chi connectivity index (χ1n) is 3.46. The third kappa shape index (κ3) is 0.744. The molecule has 0 bridgehead atoms. The van der Waals surface area contributed by atoms with Gasteiger partial charge in [-0.2, -0.15) is 14.2 Å². The molecule has 62 valence electrons. The van der Waals surface area contributed by atoms with Crippen LogP contribution in [0.2, 0.25) is 0 Å². The smallest absolute Gasteiger partial charge is 0.272 e. The first kappa shape index (κ1) is 6.96. The zero-order chi connectivity index (χ0) is 8.72. The summed E-state index contributed by atoms with van der Waals surface area (Å²) in [7, 11) is 0. The van der Waals surface area contributed by atoms with Crippen molar-refractivity contribution in [3.63, 3.8) is 0 Å². The summed E-state index contributed by atoms with van der Waals surface area (Å²) >= 11 is 0. The lowest BCUT2D eigenvalue weighted by molar-refractivity contribution is 0.0913. The van der Waals surface area contributed by atoms with E-state index in [4.69, 9.17) is 0 Å². The van der Waals surface area contributed by atoms with E-state index in [2.05, 4.69) is 15.2 Å². The minimum atomic E-state index is -0.102. The Morgan fingerprint density at radius 3 is 3.00 bits per heavy atom. The second-order valence-electron chi connectivity index (χ2n) is 2.47. The molecule has 2 heterocycles. The lowest BCUT2D eigenvalue weighted by Gasteiger charge is -1.97. The number of fused-ring (bicyclic) bond motifs is 1. The highest BCUT2D eigenvalue weighted by atomic mass is 16.2. The van der Waals surface area contributed by atoms with E-state index in [0.29, 0.717) is 11.6 Å². The summed E-state index contributed by atoms with van der Waals surface area (Å²) in [6.45, 7) is 3.21. The fourth-order valence-corrected chi connectivity index (χ4v) is 1.17. The number of rotatable bonds is 0. The van der Waals surface area contributed by atoms with Gasteiger partial charge in [0.2, 0.25) is 5.91 Å². The van der Waals surface area contributed by atoms with Gasteiger partial charge in [-0.15, -0.1) is 10.2 Å². The van der Waals surface area contributed by atoms with Crippen molar-refractivity contribution in [2.24, 2.45) is 0 Å². The molecular weight excluding hydrogens is 158 g/mol. The molecule has 12 heavy (non-hydrogen) atoms. The van der Waals surface area contributed by atoms with Crippen LogP contribution >= 0.6 is 0 Å². The van der Waals surface area contributed by atoms with Crippen molar-refractivity contribution in [3.05, 3.63) is 12.2 Å². The summed E-state index contributed by atoms with van der Waals surface area (Å²) in [5.41, 5.74) is 0. The summed E-state index contributed by atoms with van der Waals surface area (Å²) in [6, 6.07) is 0. The number of nitrogens with zero attached hydrogens (tertiary/aromatic N) is 5. The summed E-state index contributed by atoms with van der Waals surface area (Å²) in [6.07, 6.45) is 1.46. The molecule has 0 aliphatic rings. The molecule has 0 spiro atoms. The molecule has 0 aliphatic heterocycles. The quantitative estimate of drug-likeness (QED) is 0.546. The molecular formula is C6H7N5O. The average molecular weight is 165 g/mol. The molecule has 6 heteroatoms. The highest BCUT2D eigenvalue weighted by molar-refractivity contribution is 5.76. The van der Waals surface area contributed by atoms with Crippen molar-refractivity contribution in [2.45, 2.75) is 13.8 Å². The van der Waals surface area contributed by atoms with Crippen LogP contribution < -0.4 is 0 Å². The van der Waals surface area contributed by atoms with E-state index in [9.17, 15) is 4.79 Å². The predicted molar refractivity (Wildman–Crippen MR) is 39.8 cm³/mol. The second kappa shape index (κ2) is 2.13. The van der Waals surface area contributed by atoms with Crippen molar-refractivity contribution in [1.29, 1.82) is 0 Å². The van der Waals surface area contributed by atoms with E-state index in [0.717, 1.165) is 0 Å². The fourth-order valence-electron chi connectivity index (χ4n) is 1.17. The zero-order valence-electron chi connectivity index (χ0n) is 6.72. The van der Waals surface area contributed by atoms with Gasteiger partial charge in [0, 0.05) is 6.92 Å². The summed E-state index contributed by atoms with van der Waals surface area (Å²) in [4.78, 5) is 15.1. The van der Waals surface area contributed by atoms with Crippen LogP contribution in [0, 0.1) is 6.92 Å². The minimum Gasteiger partial charge on any atom is -0.273 e. The number of carbonyl (C=O) groups is 1. The maximum Gasteiger partial charge on any atom is 0.272 e. The molecule has 2 rings (SSSR count). The molecule has 0 N–H and O–H groups in total. The van der Waals surface area contributed by atoms with Gasteiger partial charge >= 0.3 is 0 Å². The van der Waals surface area contributed by atoms with Gasteiger partial charge in [0.25, 0.3) is 5.78 Å². The van der Waals surface area contributed by atoms with Crippen LogP contribution in [0.15, 0.2) is 6.33 Å². The van der Waals surface area contributed by atoms with Gasteiger partial charge in [-0.3, -0.25) is 4.79 Å². The lowest BCUT2D eigenvalue weighted by Crippen LogP contribution is -2.13. The van der Waals surface area contributed by atoms with Crippen LogP contribution in [-0.4, -0.2) is 30.3 Å². The molecule has 0 aromatic carbocycles. The predicted octanol–water partition coefficient (Wildman–Crippen LogP) is -0.106. The Labute approximate surface area is 67.8 Å². The van der Waals surface area contributed by atoms with Crippen molar-refractivity contribution < 1.29 is 4.79 Å². The summed E-state index contributed by atoms with van der Waals surface area (Å²) in [5.74, 6) is 0.963. The Morgan fingerprint density at radius 2 is 2.33 bits per heavy atom. The van der Waals surface area contributed by atoms with Gasteiger partial charge in [-0.05, 0) is 6.92 Å². The normalized spacial score (nSPS) is 10.8. The van der Waals surface area contributed by atoms with E-state index in [1.165, 1.54) is 22.4 Å². The van der Waals surface area contributed by atoms with Gasteiger partial charge in [-0.25, -0.2) is 0 Å². The van der Waals surface area contributed by atoms with Crippen LogP contribution in [0.5, 0.6) is 0 Å². The van der Waals surface area contributed by atoms with Crippen molar-refractivity contribution >= 4 is 11.7 Å². The molecule has 2 aromatic rings. The second-order valence-corrected chi connectivity index (χ2v) is 2.47. The van der Waals surface area contributed by atoms with Crippen LogP contribution in [0.4, 0.5) is 0 Å². The molecule has 0 radical (unpaired) electrons. The Morgan fingerprint density at radius 1 is 1.58 bits per heavy atom. The molecule has 6 nitrogen and oxygen atoms in total. The van der Waals surface area contributed by atoms with E-state index in [1.54, 1.807) is 6.92 Å². The Hall–Kier alpha value is -1.72. The van der Waals surface area contributed by atoms with E-state index in [1.807, 2.05) is 0 Å². The van der Waals surface area contributed by atoms with Gasteiger partial charge in [0.15, 0.2) is 0 Å². The van der Waals surface area contributed by atoms with Crippen LogP contribution in [0.25, 0.3) is 5.78 Å². The van der Waals surface area contributed by atoms with Crippen molar-refractivity contribution in [3.8, 4) is 0 Å². The van der Waals surface area contributed by atoms with Crippen LogP contribution in [-0.2, 0) is 0 Å². The molecule has 0 unspecified atom stereocenters. The highest BCUT2D eigenvalue weighted by Crippen LogP contribution is 2.00. The van der Waals surface area contributed by atoms with Crippen LogP contribution in [0.1, 0.15) is 17.5 Å². The van der Waals surface area contributed by atoms with E-state index >= 15 is 0 Å². The molecule has 2 aromatic heterocycles. The van der Waals surface area contributed by atoms with Crippen LogP contribution in [0.3, 0.4) is 0 Å². The van der Waals surface area contributed by atoms with Gasteiger partial charge < -0.3 is 0 Å². The number of carbonyl (C=O) groups excluding carboxylic acids is 1. The summed E-state index contributed by atoms with van der Waals surface area (Å²) in [5, 5.41) is 7.33. The largest absolute Gasteiger partial charge is 0.273 e. The first-order valence-corrected chi connectivity index (χ1v) is 3.46. The molecule has 0 amide bonds. The third-order valence-electron chi connectivity index (χ3n) is 1.60. The Bertz CT molecular complexity index is 440. The monoisotopic (exact) mass is 165 g/mol. The Kier molecular flexibility index (Phi) is 1.24. The average Bonchev–Trinajstić information content (AvgIpc) is 2.44. The molecule has 0 atom stereocenters. The SMILES string of the molecule is CC(=O)n1c(C)nc2nncn21. The van der Waals surface area contributed by atoms with Gasteiger partial charge in [0.05, 0.1) is 0 Å². The molecule has 0 saturated heterocycles. The number of aromatic nitrogens is 5. The topological polar surface area (TPSA) is 65.1 Å². The van der Waals surface area contributed by atoms with Crippen molar-refractivity contribution in [1.82, 2.24) is 24.4 Å². The van der Waals surface area contributed by atoms with Gasteiger partial charge in [-0.1, -0.05) is 0 Å². The fraction of sp³-hybridized carbons (Fsp3) is 0.333. The molecule has 0 saturated carbocycles. The maximum absolute atomic E-state index is 11.1. The standard InChI is InChI=1S/C6H7N5O/c1-4-8-6-9-7-3-10(6)11(4)5(2)12/h3H,1-2H3. The number of aryl methyl sites for hydroxylation is 1. The lowest BCUT2D eigenvalue weighted by atomic mass is 10.6. The summed E-state index contributed by atoms with van der Waals surface area (Å²) < 4.78 is 2.92. The van der Waals surface area contributed by atoms with E-state index in [-0.39, 0.29) is 5.91 Å². The van der Waals surface area contributed by atoms with E-state index < -0.39 is 0 Å². The number of hydrogen-bond donors (Lipinski definition) is 0. The zero-order valence-corrected chi connectivity index (χ0v) is 6.72. The first-order chi connectivity index (χ1) is 5.70. The Balaban J connectivity index is 2.84. The highest BCUT2D eigenvalue weighted by Gasteiger charge is 2.10. The molecule has 0 aliphatic carbocycles. The number of hydrogen-bond acceptors (Lipinski definition) is 4. The molecule has 0 fully saturated rings. The van der Waals surface area contributed by atoms with Gasteiger partial charge in [0.1, 0.15) is 12.2 Å². The maximum atomic E-state index is 11.1. The minimum absolute atomic E-state index is 0.102. The van der Waals surface area contributed by atoms with Crippen molar-refractivity contribution in [2.75, 3.05) is 0 Å². The third-order valence-corrected chi connectivity index (χ3v) is 1.60.